The summed E-state index contributed by atoms with van der Waals surface area (Å²) in [6.07, 6.45) is 8.49. The van der Waals surface area contributed by atoms with Crippen molar-refractivity contribution in [1.82, 2.24) is 4.90 Å². The summed E-state index contributed by atoms with van der Waals surface area (Å²) < 4.78 is 0. The molecule has 0 aromatic heterocycles. The molecule has 2 fully saturated rings. The molecule has 1 aliphatic heterocycles. The second-order valence-corrected chi connectivity index (χ2v) is 8.76. The van der Waals surface area contributed by atoms with Crippen LogP contribution in [0.3, 0.4) is 0 Å². The van der Waals surface area contributed by atoms with Gasteiger partial charge >= 0.3 is 0 Å². The summed E-state index contributed by atoms with van der Waals surface area (Å²) in [6, 6.07) is 15.2. The van der Waals surface area contributed by atoms with Gasteiger partial charge in [0, 0.05) is 18.1 Å². The van der Waals surface area contributed by atoms with Crippen molar-refractivity contribution in [1.29, 1.82) is 0 Å². The second-order valence-electron chi connectivity index (χ2n) is 8.33. The minimum Gasteiger partial charge on any atom is -0.302 e. The third-order valence-corrected chi connectivity index (χ3v) is 6.64. The van der Waals surface area contributed by atoms with E-state index in [2.05, 4.69) is 42.2 Å². The van der Waals surface area contributed by atoms with Gasteiger partial charge in [-0.25, -0.2) is 0 Å². The normalized spacial score (nSPS) is 22.0. The molecule has 1 saturated carbocycles. The van der Waals surface area contributed by atoms with Crippen molar-refractivity contribution in [3.8, 4) is 11.1 Å². The summed E-state index contributed by atoms with van der Waals surface area (Å²) in [5, 5.41) is 0.798. The highest BCUT2D eigenvalue weighted by Gasteiger charge is 2.25. The van der Waals surface area contributed by atoms with Gasteiger partial charge in [0.15, 0.2) is 0 Å². The minimum atomic E-state index is 0.699. The highest BCUT2D eigenvalue weighted by Crippen LogP contribution is 2.33. The molecule has 0 spiro atoms. The first-order valence-electron chi connectivity index (χ1n) is 10.3. The van der Waals surface area contributed by atoms with Gasteiger partial charge < -0.3 is 4.90 Å². The molecule has 2 aliphatic rings. The van der Waals surface area contributed by atoms with Gasteiger partial charge in [-0.15, -0.1) is 0 Å². The number of halogens is 1. The van der Waals surface area contributed by atoms with E-state index in [4.69, 9.17) is 11.6 Å². The van der Waals surface area contributed by atoms with Gasteiger partial charge in [-0.2, -0.15) is 0 Å². The molecule has 2 aromatic carbocycles. The predicted octanol–water partition coefficient (Wildman–Crippen LogP) is 6.69. The lowest BCUT2D eigenvalue weighted by molar-refractivity contribution is 0.179. The molecule has 1 atom stereocenters. The molecule has 4 rings (SSSR count). The molecule has 0 bridgehead atoms. The van der Waals surface area contributed by atoms with Crippen molar-refractivity contribution >= 4 is 11.6 Å². The van der Waals surface area contributed by atoms with Crippen molar-refractivity contribution < 1.29 is 0 Å². The van der Waals surface area contributed by atoms with Gasteiger partial charge in [-0.05, 0) is 85.4 Å². The summed E-state index contributed by atoms with van der Waals surface area (Å²) in [5.41, 5.74) is 5.53. The molecule has 0 N–H and O–H groups in total. The Morgan fingerprint density at radius 3 is 2.38 bits per heavy atom. The summed E-state index contributed by atoms with van der Waals surface area (Å²) in [4.78, 5) is 2.75. The molecule has 0 radical (unpaired) electrons. The number of nitrogens with zero attached hydrogens (tertiary/aromatic N) is 1. The average molecular weight is 368 g/mol. The number of likely N-dealkylation sites (tertiary alicyclic amines) is 1. The van der Waals surface area contributed by atoms with Crippen LogP contribution in [-0.4, -0.2) is 24.5 Å². The Bertz CT molecular complexity index is 730. The Morgan fingerprint density at radius 1 is 0.923 bits per heavy atom. The van der Waals surface area contributed by atoms with Gasteiger partial charge in [-0.3, -0.25) is 0 Å². The maximum atomic E-state index is 6.03. The number of benzene rings is 2. The van der Waals surface area contributed by atoms with Crippen LogP contribution in [0, 0.1) is 12.8 Å². The molecule has 1 nitrogen and oxygen atoms in total. The molecule has 26 heavy (non-hydrogen) atoms. The smallest absolute Gasteiger partial charge is 0.0406 e. The van der Waals surface area contributed by atoms with Crippen LogP contribution in [0.2, 0.25) is 5.02 Å². The number of piperidine rings is 1. The summed E-state index contributed by atoms with van der Waals surface area (Å²) in [5.74, 6) is 1.66. The summed E-state index contributed by atoms with van der Waals surface area (Å²) >= 11 is 6.03. The first kappa shape index (κ1) is 18.1. The lowest BCUT2D eigenvalue weighted by atomic mass is 9.86. The van der Waals surface area contributed by atoms with Crippen LogP contribution in [0.15, 0.2) is 42.5 Å². The Hall–Kier alpha value is -1.31. The quantitative estimate of drug-likeness (QED) is 0.582. The number of aryl methyl sites for hydroxylation is 1. The van der Waals surface area contributed by atoms with Crippen molar-refractivity contribution in [2.24, 2.45) is 5.92 Å². The third-order valence-electron chi connectivity index (χ3n) is 6.38. The van der Waals surface area contributed by atoms with E-state index in [1.165, 1.54) is 74.8 Å². The third kappa shape index (κ3) is 4.15. The van der Waals surface area contributed by atoms with Gasteiger partial charge in [0.25, 0.3) is 0 Å². The van der Waals surface area contributed by atoms with Crippen molar-refractivity contribution in [3.05, 3.63) is 58.6 Å². The predicted molar refractivity (Wildman–Crippen MR) is 112 cm³/mol. The van der Waals surface area contributed by atoms with Crippen LogP contribution in [0.25, 0.3) is 11.1 Å². The van der Waals surface area contributed by atoms with Crippen LogP contribution in [0.5, 0.6) is 0 Å². The van der Waals surface area contributed by atoms with Crippen LogP contribution >= 0.6 is 11.6 Å². The zero-order valence-corrected chi connectivity index (χ0v) is 16.6. The molecule has 1 saturated heterocycles. The Morgan fingerprint density at radius 2 is 1.65 bits per heavy atom. The van der Waals surface area contributed by atoms with E-state index in [0.29, 0.717) is 5.92 Å². The number of rotatable bonds is 4. The van der Waals surface area contributed by atoms with Gasteiger partial charge in [0.2, 0.25) is 0 Å². The standard InChI is InChI=1S/C24H30ClN/c1-18-15-21(20-8-11-23(25)12-9-20)10-13-24(18)22-7-4-14-26(17-22)16-19-5-2-3-6-19/h8-13,15,19,22H,2-7,14,16-17H2,1H3. The fraction of sp³-hybridized carbons (Fsp3) is 0.500. The fourth-order valence-electron chi connectivity index (χ4n) is 4.99. The van der Waals surface area contributed by atoms with E-state index in [0.717, 1.165) is 10.9 Å². The zero-order chi connectivity index (χ0) is 17.9. The number of hydrogen-bond donors (Lipinski definition) is 0. The lowest BCUT2D eigenvalue weighted by Gasteiger charge is -2.35. The van der Waals surface area contributed by atoms with Crippen LogP contribution in [-0.2, 0) is 0 Å². The molecule has 2 heteroatoms. The van der Waals surface area contributed by atoms with Gasteiger partial charge in [0.1, 0.15) is 0 Å². The topological polar surface area (TPSA) is 3.24 Å². The molecule has 138 valence electrons. The Labute approximate surface area is 163 Å². The molecule has 2 aromatic rings. The van der Waals surface area contributed by atoms with E-state index >= 15 is 0 Å². The van der Waals surface area contributed by atoms with Crippen molar-refractivity contribution in [2.45, 2.75) is 51.4 Å². The van der Waals surface area contributed by atoms with E-state index in [1.54, 1.807) is 5.56 Å². The molecule has 1 heterocycles. The Kier molecular flexibility index (Phi) is 5.66. The Balaban J connectivity index is 1.47. The molecular weight excluding hydrogens is 338 g/mol. The van der Waals surface area contributed by atoms with Crippen molar-refractivity contribution in [2.75, 3.05) is 19.6 Å². The van der Waals surface area contributed by atoms with Crippen LogP contribution in [0.1, 0.15) is 55.6 Å². The van der Waals surface area contributed by atoms with Gasteiger partial charge in [0.05, 0.1) is 0 Å². The molecule has 0 amide bonds. The van der Waals surface area contributed by atoms with Crippen molar-refractivity contribution in [3.63, 3.8) is 0 Å². The summed E-state index contributed by atoms with van der Waals surface area (Å²) in [7, 11) is 0. The average Bonchev–Trinajstić information content (AvgIpc) is 3.15. The highest BCUT2D eigenvalue weighted by molar-refractivity contribution is 6.30. The first-order chi connectivity index (χ1) is 12.7. The molecule has 1 unspecified atom stereocenters. The second kappa shape index (κ2) is 8.15. The van der Waals surface area contributed by atoms with E-state index in [9.17, 15) is 0 Å². The molecular formula is C24H30ClN. The zero-order valence-electron chi connectivity index (χ0n) is 15.9. The van der Waals surface area contributed by atoms with E-state index in [-0.39, 0.29) is 0 Å². The monoisotopic (exact) mass is 367 g/mol. The lowest BCUT2D eigenvalue weighted by Crippen LogP contribution is -2.37. The number of hydrogen-bond acceptors (Lipinski definition) is 1. The maximum absolute atomic E-state index is 6.03. The van der Waals surface area contributed by atoms with Crippen LogP contribution < -0.4 is 0 Å². The van der Waals surface area contributed by atoms with E-state index in [1.807, 2.05) is 12.1 Å². The van der Waals surface area contributed by atoms with Gasteiger partial charge in [-0.1, -0.05) is 54.8 Å². The SMILES string of the molecule is Cc1cc(-c2ccc(Cl)cc2)ccc1C1CCCN(CC2CCCC2)C1. The van der Waals surface area contributed by atoms with Crippen LogP contribution in [0.4, 0.5) is 0 Å². The largest absolute Gasteiger partial charge is 0.302 e. The fourth-order valence-corrected chi connectivity index (χ4v) is 5.11. The summed E-state index contributed by atoms with van der Waals surface area (Å²) in [6.45, 7) is 6.16. The maximum Gasteiger partial charge on any atom is 0.0406 e. The molecule has 1 aliphatic carbocycles. The van der Waals surface area contributed by atoms with E-state index < -0.39 is 0 Å². The first-order valence-corrected chi connectivity index (χ1v) is 10.7. The minimum absolute atomic E-state index is 0.699. The highest BCUT2D eigenvalue weighted by atomic mass is 35.5.